The Morgan fingerprint density at radius 1 is 1.42 bits per heavy atom. The Labute approximate surface area is 116 Å². The number of carbonyl (C=O) groups is 1. The van der Waals surface area contributed by atoms with Gasteiger partial charge in [0.2, 0.25) is 5.91 Å². The lowest BCUT2D eigenvalue weighted by Crippen LogP contribution is -2.28. The average molecular weight is 282 g/mol. The summed E-state index contributed by atoms with van der Waals surface area (Å²) in [5.74, 6) is -0.105. The Bertz CT molecular complexity index is 574. The van der Waals surface area contributed by atoms with E-state index < -0.39 is 0 Å². The molecule has 0 saturated heterocycles. The van der Waals surface area contributed by atoms with Gasteiger partial charge in [0, 0.05) is 12.7 Å². The smallest absolute Gasteiger partial charge is 0.242 e. The van der Waals surface area contributed by atoms with Gasteiger partial charge < -0.3 is 5.32 Å². The van der Waals surface area contributed by atoms with Crippen molar-refractivity contribution in [1.82, 2.24) is 24.9 Å². The Balaban J connectivity index is 1.90. The molecule has 0 saturated carbocycles. The molecule has 7 heteroatoms. The zero-order chi connectivity index (χ0) is 13.8. The Morgan fingerprint density at radius 3 is 2.84 bits per heavy atom. The third-order valence-corrected chi connectivity index (χ3v) is 3.28. The van der Waals surface area contributed by atoms with Crippen LogP contribution in [0.4, 0.5) is 0 Å². The molecule has 0 aliphatic rings. The summed E-state index contributed by atoms with van der Waals surface area (Å²) in [5.41, 5.74) is 1.77. The molecule has 0 aromatic carbocycles. The number of aromatic nitrogens is 4. The van der Waals surface area contributed by atoms with Crippen molar-refractivity contribution in [3.63, 3.8) is 0 Å². The minimum atomic E-state index is -0.105. The van der Waals surface area contributed by atoms with Gasteiger partial charge in [-0.3, -0.25) is 14.2 Å². The summed E-state index contributed by atoms with van der Waals surface area (Å²) in [4.78, 5) is 11.8. The molecule has 0 atom stereocenters. The number of hydrogen-bond donors (Lipinski definition) is 1. The summed E-state index contributed by atoms with van der Waals surface area (Å²) < 4.78 is 3.42. The highest BCUT2D eigenvalue weighted by Crippen LogP contribution is 2.12. The van der Waals surface area contributed by atoms with E-state index in [0.717, 1.165) is 17.9 Å². The molecular weight excluding hydrogens is 266 g/mol. The zero-order valence-corrected chi connectivity index (χ0v) is 11.7. The third-order valence-electron chi connectivity index (χ3n) is 2.91. The molecule has 0 fully saturated rings. The van der Waals surface area contributed by atoms with E-state index >= 15 is 0 Å². The molecule has 2 heterocycles. The van der Waals surface area contributed by atoms with Gasteiger partial charge in [0.05, 0.1) is 29.2 Å². The SMILES string of the molecule is CCn1nccc1CNC(=O)Cn1ncc(Cl)c1C. The first kappa shape index (κ1) is 13.6. The Kier molecular flexibility index (Phi) is 4.21. The van der Waals surface area contributed by atoms with Crippen molar-refractivity contribution in [2.75, 3.05) is 0 Å². The maximum absolute atomic E-state index is 11.8. The van der Waals surface area contributed by atoms with Crippen LogP contribution in [0.25, 0.3) is 0 Å². The molecule has 1 N–H and O–H groups in total. The van der Waals surface area contributed by atoms with Crippen LogP contribution in [-0.2, 0) is 24.4 Å². The highest BCUT2D eigenvalue weighted by molar-refractivity contribution is 6.31. The second kappa shape index (κ2) is 5.88. The van der Waals surface area contributed by atoms with Crippen LogP contribution in [0.15, 0.2) is 18.5 Å². The van der Waals surface area contributed by atoms with Gasteiger partial charge in [0.1, 0.15) is 6.54 Å². The lowest BCUT2D eigenvalue weighted by molar-refractivity contribution is -0.122. The summed E-state index contributed by atoms with van der Waals surface area (Å²) in [6.45, 7) is 5.24. The fourth-order valence-corrected chi connectivity index (χ4v) is 1.90. The molecule has 0 aliphatic heterocycles. The quantitative estimate of drug-likeness (QED) is 0.900. The molecular formula is C12H16ClN5O. The fraction of sp³-hybridized carbons (Fsp3) is 0.417. The van der Waals surface area contributed by atoms with E-state index in [9.17, 15) is 4.79 Å². The molecule has 0 spiro atoms. The highest BCUT2D eigenvalue weighted by atomic mass is 35.5. The number of halogens is 1. The van der Waals surface area contributed by atoms with E-state index in [1.54, 1.807) is 10.9 Å². The number of nitrogens with one attached hydrogen (secondary N) is 1. The summed E-state index contributed by atoms with van der Waals surface area (Å²) in [7, 11) is 0. The van der Waals surface area contributed by atoms with Crippen LogP contribution in [0.3, 0.4) is 0 Å². The monoisotopic (exact) mass is 281 g/mol. The molecule has 0 radical (unpaired) electrons. The van der Waals surface area contributed by atoms with Crippen LogP contribution in [0.5, 0.6) is 0 Å². The molecule has 2 rings (SSSR count). The van der Waals surface area contributed by atoms with Gasteiger partial charge in [-0.15, -0.1) is 0 Å². The van der Waals surface area contributed by atoms with Gasteiger partial charge in [-0.05, 0) is 19.9 Å². The summed E-state index contributed by atoms with van der Waals surface area (Å²) in [6, 6.07) is 1.89. The van der Waals surface area contributed by atoms with Gasteiger partial charge in [-0.1, -0.05) is 11.6 Å². The zero-order valence-electron chi connectivity index (χ0n) is 10.9. The molecule has 6 nitrogen and oxygen atoms in total. The minimum absolute atomic E-state index is 0.105. The topological polar surface area (TPSA) is 64.7 Å². The van der Waals surface area contributed by atoms with Gasteiger partial charge in [-0.2, -0.15) is 10.2 Å². The predicted molar refractivity (Wildman–Crippen MR) is 71.7 cm³/mol. The van der Waals surface area contributed by atoms with E-state index in [4.69, 9.17) is 11.6 Å². The average Bonchev–Trinajstić information content (AvgIpc) is 2.98. The van der Waals surface area contributed by atoms with Gasteiger partial charge in [0.15, 0.2) is 0 Å². The number of nitrogens with zero attached hydrogens (tertiary/aromatic N) is 4. The van der Waals surface area contributed by atoms with E-state index in [2.05, 4.69) is 15.5 Å². The number of hydrogen-bond acceptors (Lipinski definition) is 3. The van der Waals surface area contributed by atoms with E-state index in [1.165, 1.54) is 6.20 Å². The molecule has 0 aliphatic carbocycles. The molecule has 2 aromatic rings. The standard InChI is InChI=1S/C12H16ClN5O/c1-3-17-10(4-5-15-17)6-14-12(19)8-18-9(2)11(13)7-16-18/h4-5,7H,3,6,8H2,1-2H3,(H,14,19). The lowest BCUT2D eigenvalue weighted by Gasteiger charge is -2.08. The van der Waals surface area contributed by atoms with Crippen molar-refractivity contribution in [2.45, 2.75) is 33.5 Å². The van der Waals surface area contributed by atoms with E-state index in [0.29, 0.717) is 11.6 Å². The molecule has 0 bridgehead atoms. The van der Waals surface area contributed by atoms with Crippen LogP contribution in [0.2, 0.25) is 5.02 Å². The first-order valence-corrected chi connectivity index (χ1v) is 6.45. The summed E-state index contributed by atoms with van der Waals surface area (Å²) >= 11 is 5.88. The first-order valence-electron chi connectivity index (χ1n) is 6.07. The van der Waals surface area contributed by atoms with Gasteiger partial charge in [-0.25, -0.2) is 0 Å². The molecule has 2 aromatic heterocycles. The van der Waals surface area contributed by atoms with Gasteiger partial charge in [0.25, 0.3) is 0 Å². The van der Waals surface area contributed by atoms with Crippen molar-refractivity contribution in [3.05, 3.63) is 34.9 Å². The maximum atomic E-state index is 11.8. The third kappa shape index (κ3) is 3.14. The minimum Gasteiger partial charge on any atom is -0.349 e. The number of carbonyl (C=O) groups excluding carboxylic acids is 1. The lowest BCUT2D eigenvalue weighted by atomic mass is 10.4. The molecule has 1 amide bonds. The van der Waals surface area contributed by atoms with Crippen LogP contribution >= 0.6 is 11.6 Å². The van der Waals surface area contributed by atoms with Crippen LogP contribution in [-0.4, -0.2) is 25.5 Å². The van der Waals surface area contributed by atoms with Crippen LogP contribution < -0.4 is 5.32 Å². The van der Waals surface area contributed by atoms with Crippen molar-refractivity contribution in [3.8, 4) is 0 Å². The number of amides is 1. The maximum Gasteiger partial charge on any atom is 0.242 e. The first-order chi connectivity index (χ1) is 9.11. The van der Waals surface area contributed by atoms with Crippen molar-refractivity contribution in [2.24, 2.45) is 0 Å². The van der Waals surface area contributed by atoms with E-state index in [1.807, 2.05) is 24.6 Å². The number of aryl methyl sites for hydroxylation is 1. The number of rotatable bonds is 5. The molecule has 102 valence electrons. The normalized spacial score (nSPS) is 10.7. The molecule has 0 unspecified atom stereocenters. The van der Waals surface area contributed by atoms with E-state index in [-0.39, 0.29) is 12.5 Å². The van der Waals surface area contributed by atoms with Gasteiger partial charge >= 0.3 is 0 Å². The second-order valence-corrected chi connectivity index (χ2v) is 4.56. The van der Waals surface area contributed by atoms with Crippen LogP contribution in [0, 0.1) is 6.92 Å². The Morgan fingerprint density at radius 2 is 2.21 bits per heavy atom. The summed E-state index contributed by atoms with van der Waals surface area (Å²) in [6.07, 6.45) is 3.26. The Hall–Kier alpha value is -1.82. The largest absolute Gasteiger partial charge is 0.349 e. The van der Waals surface area contributed by atoms with Crippen LogP contribution in [0.1, 0.15) is 18.3 Å². The molecule has 19 heavy (non-hydrogen) atoms. The second-order valence-electron chi connectivity index (χ2n) is 4.15. The highest BCUT2D eigenvalue weighted by Gasteiger charge is 2.09. The fourth-order valence-electron chi connectivity index (χ4n) is 1.76. The predicted octanol–water partition coefficient (Wildman–Crippen LogP) is 1.38. The van der Waals surface area contributed by atoms with Crippen molar-refractivity contribution < 1.29 is 4.79 Å². The van der Waals surface area contributed by atoms with Crippen molar-refractivity contribution in [1.29, 1.82) is 0 Å². The summed E-state index contributed by atoms with van der Waals surface area (Å²) in [5, 5.41) is 11.6. The van der Waals surface area contributed by atoms with Crippen molar-refractivity contribution >= 4 is 17.5 Å².